The molecule has 0 spiro atoms. The van der Waals surface area contributed by atoms with Crippen LogP contribution in [0.1, 0.15) is 12.5 Å². The quantitative estimate of drug-likeness (QED) is 0.938. The summed E-state index contributed by atoms with van der Waals surface area (Å²) in [6.07, 6.45) is 2.65. The second-order valence-corrected chi connectivity index (χ2v) is 6.16. The molecular weight excluding hydrogens is 310 g/mol. The lowest BCUT2D eigenvalue weighted by molar-refractivity contribution is -0.120. The van der Waals surface area contributed by atoms with Gasteiger partial charge < -0.3 is 5.32 Å². The van der Waals surface area contributed by atoms with Crippen LogP contribution in [0.25, 0.3) is 0 Å². The fourth-order valence-electron chi connectivity index (χ4n) is 2.38. The first-order valence-electron chi connectivity index (χ1n) is 7.44. The molecule has 0 atom stereocenters. The van der Waals surface area contributed by atoms with Gasteiger partial charge in [-0.3, -0.25) is 14.5 Å². The lowest BCUT2D eigenvalue weighted by Crippen LogP contribution is -2.41. The molecule has 0 bridgehead atoms. The molecule has 3 rings (SSSR count). The lowest BCUT2D eigenvalue weighted by atomic mass is 10.1. The number of amides is 2. The number of nitrogens with zero attached hydrogens (tertiary/aromatic N) is 2. The molecule has 1 N–H and O–H groups in total. The van der Waals surface area contributed by atoms with Crippen molar-refractivity contribution in [1.82, 2.24) is 4.98 Å². The van der Waals surface area contributed by atoms with E-state index in [1.165, 1.54) is 22.2 Å². The summed E-state index contributed by atoms with van der Waals surface area (Å²) in [5.74, 6) is 0.0129. The van der Waals surface area contributed by atoms with E-state index in [-0.39, 0.29) is 18.4 Å². The number of carbonyl (C=O) groups is 2. The Morgan fingerprint density at radius 2 is 2.09 bits per heavy atom. The summed E-state index contributed by atoms with van der Waals surface area (Å²) in [6.45, 7) is 2.08. The fourth-order valence-corrected chi connectivity index (χ4v) is 3.26. The molecule has 118 valence electrons. The van der Waals surface area contributed by atoms with Crippen LogP contribution in [0.15, 0.2) is 47.6 Å². The van der Waals surface area contributed by atoms with Crippen molar-refractivity contribution in [2.24, 2.45) is 0 Å². The predicted molar refractivity (Wildman–Crippen MR) is 91.8 cm³/mol. The van der Waals surface area contributed by atoms with Gasteiger partial charge in [0.2, 0.25) is 11.8 Å². The van der Waals surface area contributed by atoms with Gasteiger partial charge in [0.1, 0.15) is 11.6 Å². The Bertz CT molecular complexity index is 731. The number of nitrogens with one attached hydrogen (secondary N) is 1. The maximum Gasteiger partial charge on any atom is 0.244 e. The van der Waals surface area contributed by atoms with Crippen molar-refractivity contribution in [3.05, 3.63) is 48.2 Å². The van der Waals surface area contributed by atoms with Crippen LogP contribution in [0.4, 0.5) is 11.4 Å². The second-order valence-electron chi connectivity index (χ2n) is 5.19. The highest BCUT2D eigenvalue weighted by atomic mass is 32.2. The van der Waals surface area contributed by atoms with Crippen LogP contribution in [-0.2, 0) is 16.0 Å². The van der Waals surface area contributed by atoms with Gasteiger partial charge in [-0.05, 0) is 36.2 Å². The van der Waals surface area contributed by atoms with Crippen molar-refractivity contribution >= 4 is 35.0 Å². The molecule has 23 heavy (non-hydrogen) atoms. The standard InChI is InChI=1S/C17H17N3O2S/c1-2-12-5-7-13(8-6-12)19-15(21)10-20-14-4-3-9-18-17(14)23-11-16(20)22/h3-9H,2,10-11H2,1H3,(H,19,21). The van der Waals surface area contributed by atoms with Crippen molar-refractivity contribution in [1.29, 1.82) is 0 Å². The Kier molecular flexibility index (Phi) is 4.62. The normalized spacial score (nSPS) is 13.6. The zero-order valence-corrected chi connectivity index (χ0v) is 13.6. The number of fused-ring (bicyclic) bond motifs is 1. The third-order valence-electron chi connectivity index (χ3n) is 3.62. The van der Waals surface area contributed by atoms with Crippen molar-refractivity contribution in [3.8, 4) is 0 Å². The molecule has 1 aromatic heterocycles. The van der Waals surface area contributed by atoms with Gasteiger partial charge in [0.25, 0.3) is 0 Å². The van der Waals surface area contributed by atoms with E-state index < -0.39 is 0 Å². The number of thioether (sulfide) groups is 1. The first-order chi connectivity index (χ1) is 11.2. The molecule has 0 aliphatic carbocycles. The largest absolute Gasteiger partial charge is 0.325 e. The minimum absolute atomic E-state index is 0.00633. The highest BCUT2D eigenvalue weighted by Crippen LogP contribution is 2.32. The summed E-state index contributed by atoms with van der Waals surface area (Å²) >= 11 is 1.40. The Balaban J connectivity index is 1.71. The molecule has 0 radical (unpaired) electrons. The fraction of sp³-hybridized carbons (Fsp3) is 0.235. The van der Waals surface area contributed by atoms with Crippen molar-refractivity contribution in [3.63, 3.8) is 0 Å². The third kappa shape index (κ3) is 3.53. The van der Waals surface area contributed by atoms with Crippen LogP contribution in [0.5, 0.6) is 0 Å². The number of benzene rings is 1. The van der Waals surface area contributed by atoms with E-state index in [0.717, 1.165) is 17.1 Å². The van der Waals surface area contributed by atoms with Crippen molar-refractivity contribution < 1.29 is 9.59 Å². The Morgan fingerprint density at radius 3 is 2.83 bits per heavy atom. The van der Waals surface area contributed by atoms with Crippen LogP contribution in [0, 0.1) is 0 Å². The van der Waals surface area contributed by atoms with Crippen molar-refractivity contribution in [2.45, 2.75) is 18.4 Å². The number of anilines is 2. The third-order valence-corrected chi connectivity index (χ3v) is 4.60. The van der Waals surface area contributed by atoms with Gasteiger partial charge in [-0.15, -0.1) is 0 Å². The highest BCUT2D eigenvalue weighted by molar-refractivity contribution is 8.00. The van der Waals surface area contributed by atoms with Crippen LogP contribution in [0.3, 0.4) is 0 Å². The maximum atomic E-state index is 12.3. The molecule has 1 aliphatic heterocycles. The summed E-state index contributed by atoms with van der Waals surface area (Å²) < 4.78 is 0. The molecule has 0 saturated carbocycles. The number of hydrogen-bond acceptors (Lipinski definition) is 4. The summed E-state index contributed by atoms with van der Waals surface area (Å²) in [5, 5.41) is 3.62. The molecule has 5 nitrogen and oxygen atoms in total. The van der Waals surface area contributed by atoms with Crippen LogP contribution in [-0.4, -0.2) is 29.1 Å². The molecular formula is C17H17N3O2S. The van der Waals surface area contributed by atoms with E-state index in [0.29, 0.717) is 11.4 Å². The Labute approximate surface area is 139 Å². The summed E-state index contributed by atoms with van der Waals surface area (Å²) in [4.78, 5) is 30.1. The topological polar surface area (TPSA) is 62.3 Å². The van der Waals surface area contributed by atoms with E-state index in [2.05, 4.69) is 17.2 Å². The number of hydrogen-bond donors (Lipinski definition) is 1. The minimum atomic E-state index is -0.218. The number of carbonyl (C=O) groups excluding carboxylic acids is 2. The summed E-state index contributed by atoms with van der Waals surface area (Å²) in [5.41, 5.74) is 2.65. The van der Waals surface area contributed by atoms with Gasteiger partial charge in [0.15, 0.2) is 0 Å². The molecule has 0 saturated heterocycles. The van der Waals surface area contributed by atoms with Crippen LogP contribution < -0.4 is 10.2 Å². The zero-order chi connectivity index (χ0) is 16.2. The SMILES string of the molecule is CCc1ccc(NC(=O)CN2C(=O)CSc3ncccc32)cc1. The lowest BCUT2D eigenvalue weighted by Gasteiger charge is -2.27. The smallest absolute Gasteiger partial charge is 0.244 e. The van der Waals surface area contributed by atoms with Gasteiger partial charge in [-0.25, -0.2) is 4.98 Å². The van der Waals surface area contributed by atoms with E-state index in [9.17, 15) is 9.59 Å². The molecule has 2 aromatic rings. The van der Waals surface area contributed by atoms with Gasteiger partial charge in [0.05, 0.1) is 11.4 Å². The zero-order valence-electron chi connectivity index (χ0n) is 12.8. The Morgan fingerprint density at radius 1 is 1.30 bits per heavy atom. The average molecular weight is 327 g/mol. The summed E-state index contributed by atoms with van der Waals surface area (Å²) in [7, 11) is 0. The molecule has 2 heterocycles. The number of aromatic nitrogens is 1. The van der Waals surface area contributed by atoms with E-state index in [1.54, 1.807) is 12.3 Å². The van der Waals surface area contributed by atoms with Crippen LogP contribution in [0.2, 0.25) is 0 Å². The molecule has 6 heteroatoms. The highest BCUT2D eigenvalue weighted by Gasteiger charge is 2.27. The van der Waals surface area contributed by atoms with Gasteiger partial charge in [-0.2, -0.15) is 0 Å². The molecule has 0 unspecified atom stereocenters. The van der Waals surface area contributed by atoms with Crippen molar-refractivity contribution in [2.75, 3.05) is 22.5 Å². The van der Waals surface area contributed by atoms with E-state index >= 15 is 0 Å². The first kappa shape index (κ1) is 15.6. The number of rotatable bonds is 4. The average Bonchev–Trinajstić information content (AvgIpc) is 2.58. The van der Waals surface area contributed by atoms with E-state index in [1.807, 2.05) is 30.3 Å². The maximum absolute atomic E-state index is 12.3. The second kappa shape index (κ2) is 6.83. The molecule has 1 aliphatic rings. The minimum Gasteiger partial charge on any atom is -0.325 e. The van der Waals surface area contributed by atoms with Crippen LogP contribution >= 0.6 is 11.8 Å². The van der Waals surface area contributed by atoms with E-state index in [4.69, 9.17) is 0 Å². The number of pyridine rings is 1. The molecule has 2 amide bonds. The molecule has 1 aromatic carbocycles. The van der Waals surface area contributed by atoms with Gasteiger partial charge >= 0.3 is 0 Å². The summed E-state index contributed by atoms with van der Waals surface area (Å²) in [6, 6.07) is 11.3. The predicted octanol–water partition coefficient (Wildman–Crippen LogP) is 2.72. The molecule has 0 fully saturated rings. The monoisotopic (exact) mass is 327 g/mol. The Hall–Kier alpha value is -2.34. The van der Waals surface area contributed by atoms with Gasteiger partial charge in [0, 0.05) is 11.9 Å². The first-order valence-corrected chi connectivity index (χ1v) is 8.43. The van der Waals surface area contributed by atoms with Gasteiger partial charge in [-0.1, -0.05) is 30.8 Å². The number of aryl methyl sites for hydroxylation is 1.